The summed E-state index contributed by atoms with van der Waals surface area (Å²) in [6.07, 6.45) is 2.93. The molecule has 8 heteroatoms. The summed E-state index contributed by atoms with van der Waals surface area (Å²) < 4.78 is 0. The van der Waals surface area contributed by atoms with Gasteiger partial charge in [0.15, 0.2) is 0 Å². The average molecular weight is 364 g/mol. The van der Waals surface area contributed by atoms with Gasteiger partial charge < -0.3 is 10.6 Å². The smallest absolute Gasteiger partial charge is 0.229 e. The van der Waals surface area contributed by atoms with Crippen molar-refractivity contribution >= 4 is 40.9 Å². The summed E-state index contributed by atoms with van der Waals surface area (Å²) in [6.45, 7) is 0.623. The van der Waals surface area contributed by atoms with Crippen LogP contribution in [-0.4, -0.2) is 34.3 Å². The van der Waals surface area contributed by atoms with E-state index < -0.39 is 0 Å². The SMILES string of the molecule is O=C(CS)NCCCCCC(=O)Nc1nnc(-c2ccccc2)s1. The van der Waals surface area contributed by atoms with Gasteiger partial charge in [-0.05, 0) is 12.8 Å². The number of carbonyl (C=O) groups excluding carboxylic acids is 2. The maximum Gasteiger partial charge on any atom is 0.229 e. The van der Waals surface area contributed by atoms with Gasteiger partial charge in [0.25, 0.3) is 0 Å². The Balaban J connectivity index is 1.66. The minimum Gasteiger partial charge on any atom is -0.355 e. The first-order chi connectivity index (χ1) is 11.7. The van der Waals surface area contributed by atoms with Gasteiger partial charge >= 0.3 is 0 Å². The molecule has 2 rings (SSSR count). The Bertz CT molecular complexity index is 661. The average Bonchev–Trinajstić information content (AvgIpc) is 3.07. The van der Waals surface area contributed by atoms with Gasteiger partial charge in [0.05, 0.1) is 5.75 Å². The van der Waals surface area contributed by atoms with Crippen molar-refractivity contribution < 1.29 is 9.59 Å². The molecule has 0 unspecified atom stereocenters. The zero-order valence-electron chi connectivity index (χ0n) is 13.2. The number of nitrogens with zero attached hydrogens (tertiary/aromatic N) is 2. The minimum atomic E-state index is -0.0680. The molecule has 128 valence electrons. The molecule has 0 atom stereocenters. The summed E-state index contributed by atoms with van der Waals surface area (Å²) in [7, 11) is 0. The van der Waals surface area contributed by atoms with Crippen LogP contribution in [0.4, 0.5) is 5.13 Å². The summed E-state index contributed by atoms with van der Waals surface area (Å²) in [5, 5.41) is 14.9. The van der Waals surface area contributed by atoms with Crippen LogP contribution >= 0.6 is 24.0 Å². The second-order valence-electron chi connectivity index (χ2n) is 5.15. The minimum absolute atomic E-state index is 0.0647. The first-order valence-corrected chi connectivity index (χ1v) is 9.20. The lowest BCUT2D eigenvalue weighted by Crippen LogP contribution is -2.25. The van der Waals surface area contributed by atoms with Crippen molar-refractivity contribution in [2.45, 2.75) is 25.7 Å². The van der Waals surface area contributed by atoms with Crippen LogP contribution in [0.1, 0.15) is 25.7 Å². The molecule has 0 bridgehead atoms. The molecule has 2 aromatic rings. The lowest BCUT2D eigenvalue weighted by molar-refractivity contribution is -0.118. The number of hydrogen-bond donors (Lipinski definition) is 3. The fraction of sp³-hybridized carbons (Fsp3) is 0.375. The number of aromatic nitrogens is 2. The molecule has 6 nitrogen and oxygen atoms in total. The van der Waals surface area contributed by atoms with Gasteiger partial charge in [0.2, 0.25) is 16.9 Å². The number of carbonyl (C=O) groups is 2. The van der Waals surface area contributed by atoms with Gasteiger partial charge in [-0.1, -0.05) is 48.1 Å². The second-order valence-corrected chi connectivity index (χ2v) is 6.44. The number of nitrogens with one attached hydrogen (secondary N) is 2. The summed E-state index contributed by atoms with van der Waals surface area (Å²) >= 11 is 5.24. The van der Waals surface area contributed by atoms with Gasteiger partial charge in [0, 0.05) is 18.5 Å². The topological polar surface area (TPSA) is 84.0 Å². The fourth-order valence-corrected chi connectivity index (χ4v) is 2.90. The molecule has 0 radical (unpaired) electrons. The first kappa shape index (κ1) is 18.4. The predicted molar refractivity (Wildman–Crippen MR) is 99.3 cm³/mol. The third-order valence-corrected chi connectivity index (χ3v) is 4.41. The number of rotatable bonds is 9. The van der Waals surface area contributed by atoms with E-state index in [4.69, 9.17) is 0 Å². The van der Waals surface area contributed by atoms with Gasteiger partial charge in [0.1, 0.15) is 5.01 Å². The van der Waals surface area contributed by atoms with Gasteiger partial charge in [-0.25, -0.2) is 0 Å². The zero-order valence-corrected chi connectivity index (χ0v) is 14.9. The summed E-state index contributed by atoms with van der Waals surface area (Å²) in [5.41, 5.74) is 0.985. The molecular formula is C16H20N4O2S2. The van der Waals surface area contributed by atoms with E-state index in [2.05, 4.69) is 33.5 Å². The van der Waals surface area contributed by atoms with Crippen LogP contribution in [0.15, 0.2) is 30.3 Å². The highest BCUT2D eigenvalue weighted by Gasteiger charge is 2.09. The van der Waals surface area contributed by atoms with Gasteiger partial charge in [-0.2, -0.15) is 12.6 Å². The Morgan fingerprint density at radius 2 is 1.83 bits per heavy atom. The third kappa shape index (κ3) is 6.29. The van der Waals surface area contributed by atoms with Crippen LogP contribution in [0.3, 0.4) is 0 Å². The molecule has 0 aliphatic carbocycles. The van der Waals surface area contributed by atoms with E-state index in [1.165, 1.54) is 11.3 Å². The Morgan fingerprint density at radius 3 is 2.58 bits per heavy atom. The summed E-state index contributed by atoms with van der Waals surface area (Å²) in [6, 6.07) is 9.73. The van der Waals surface area contributed by atoms with Crippen LogP contribution in [0, 0.1) is 0 Å². The Kier molecular flexibility index (Phi) is 7.70. The van der Waals surface area contributed by atoms with Crippen LogP contribution in [-0.2, 0) is 9.59 Å². The number of hydrogen-bond acceptors (Lipinski definition) is 6. The second kappa shape index (κ2) is 10.0. The molecule has 2 N–H and O–H groups in total. The quantitative estimate of drug-likeness (QED) is 0.472. The predicted octanol–water partition coefficient (Wildman–Crippen LogP) is 2.75. The fourth-order valence-electron chi connectivity index (χ4n) is 2.02. The normalized spacial score (nSPS) is 10.4. The maximum absolute atomic E-state index is 11.9. The standard InChI is InChI=1S/C16H20N4O2S2/c21-13(9-5-2-6-10-17-14(22)11-23)18-16-20-19-15(24-16)12-7-3-1-4-8-12/h1,3-4,7-8,23H,2,5-6,9-11H2,(H,17,22)(H,18,20,21). The van der Waals surface area contributed by atoms with Crippen LogP contribution in [0.2, 0.25) is 0 Å². The van der Waals surface area contributed by atoms with Crippen molar-refractivity contribution in [2.24, 2.45) is 0 Å². The number of anilines is 1. The molecule has 0 spiro atoms. The largest absolute Gasteiger partial charge is 0.355 e. The first-order valence-electron chi connectivity index (χ1n) is 7.75. The van der Waals surface area contributed by atoms with Crippen LogP contribution < -0.4 is 10.6 Å². The van der Waals surface area contributed by atoms with E-state index in [-0.39, 0.29) is 17.6 Å². The van der Waals surface area contributed by atoms with Crippen LogP contribution in [0.5, 0.6) is 0 Å². The highest BCUT2D eigenvalue weighted by Crippen LogP contribution is 2.25. The van der Waals surface area contributed by atoms with E-state index in [9.17, 15) is 9.59 Å². The molecule has 0 aliphatic rings. The lowest BCUT2D eigenvalue weighted by Gasteiger charge is -2.03. The lowest BCUT2D eigenvalue weighted by atomic mass is 10.2. The van der Waals surface area contributed by atoms with Crippen molar-refractivity contribution in [3.8, 4) is 10.6 Å². The molecule has 1 heterocycles. The van der Waals surface area contributed by atoms with E-state index in [1.54, 1.807) is 0 Å². The summed E-state index contributed by atoms with van der Waals surface area (Å²) in [4.78, 5) is 22.9. The highest BCUT2D eigenvalue weighted by molar-refractivity contribution is 7.81. The number of unbranched alkanes of at least 4 members (excludes halogenated alkanes) is 2. The van der Waals surface area contributed by atoms with E-state index in [0.29, 0.717) is 18.1 Å². The molecule has 0 aliphatic heterocycles. The highest BCUT2D eigenvalue weighted by atomic mass is 32.1. The monoisotopic (exact) mass is 364 g/mol. The molecule has 1 aromatic carbocycles. The summed E-state index contributed by atoms with van der Waals surface area (Å²) in [5.74, 6) is 0.0709. The van der Waals surface area contributed by atoms with Crippen molar-refractivity contribution in [1.82, 2.24) is 15.5 Å². The van der Waals surface area contributed by atoms with Crippen molar-refractivity contribution in [3.63, 3.8) is 0 Å². The third-order valence-electron chi connectivity index (χ3n) is 3.24. The molecular weight excluding hydrogens is 344 g/mol. The maximum atomic E-state index is 11.9. The zero-order chi connectivity index (χ0) is 17.2. The van der Waals surface area contributed by atoms with Crippen molar-refractivity contribution in [2.75, 3.05) is 17.6 Å². The van der Waals surface area contributed by atoms with E-state index in [1.807, 2.05) is 30.3 Å². The number of amides is 2. The molecule has 2 amide bonds. The van der Waals surface area contributed by atoms with Gasteiger partial charge in [-0.15, -0.1) is 10.2 Å². The van der Waals surface area contributed by atoms with E-state index >= 15 is 0 Å². The van der Waals surface area contributed by atoms with E-state index in [0.717, 1.165) is 29.8 Å². The number of benzene rings is 1. The Morgan fingerprint density at radius 1 is 1.04 bits per heavy atom. The molecule has 24 heavy (non-hydrogen) atoms. The van der Waals surface area contributed by atoms with Crippen LogP contribution in [0.25, 0.3) is 10.6 Å². The Labute approximate surface area is 150 Å². The van der Waals surface area contributed by atoms with Gasteiger partial charge in [-0.3, -0.25) is 9.59 Å². The molecule has 0 fully saturated rings. The molecule has 0 saturated heterocycles. The van der Waals surface area contributed by atoms with Crippen molar-refractivity contribution in [3.05, 3.63) is 30.3 Å². The molecule has 1 aromatic heterocycles. The Hall–Kier alpha value is -1.93. The number of thiol groups is 1. The molecule has 0 saturated carbocycles. The van der Waals surface area contributed by atoms with Crippen molar-refractivity contribution in [1.29, 1.82) is 0 Å².